The first kappa shape index (κ1) is 22.0. The lowest BCUT2D eigenvalue weighted by Gasteiger charge is -2.05. The Labute approximate surface area is 179 Å². The average molecular weight is 427 g/mol. The van der Waals surface area contributed by atoms with E-state index in [1.807, 2.05) is 37.4 Å². The maximum Gasteiger partial charge on any atom is 0.325 e. The maximum absolute atomic E-state index is 11.3. The summed E-state index contributed by atoms with van der Waals surface area (Å²) in [7, 11) is 3.47. The molecule has 10 nitrogen and oxygen atoms in total. The van der Waals surface area contributed by atoms with E-state index < -0.39 is 11.9 Å². The van der Waals surface area contributed by atoms with Crippen molar-refractivity contribution >= 4 is 11.9 Å². The third-order valence-corrected chi connectivity index (χ3v) is 4.67. The minimum atomic E-state index is -0.963. The Balaban J connectivity index is 0.000000628. The van der Waals surface area contributed by atoms with E-state index in [9.17, 15) is 9.90 Å². The van der Waals surface area contributed by atoms with E-state index in [0.29, 0.717) is 24.0 Å². The Kier molecular flexibility index (Phi) is 6.68. The molecule has 1 aliphatic carbocycles. The van der Waals surface area contributed by atoms with E-state index in [2.05, 4.69) is 15.2 Å². The number of aromatic nitrogens is 5. The number of aliphatic carboxylic acids is 2. The molecular weight excluding hydrogens is 402 g/mol. The molecule has 31 heavy (non-hydrogen) atoms. The summed E-state index contributed by atoms with van der Waals surface area (Å²) < 4.78 is 8.57. The monoisotopic (exact) mass is 427 g/mol. The number of aryl methyl sites for hydroxylation is 1. The highest BCUT2D eigenvalue weighted by atomic mass is 16.5. The van der Waals surface area contributed by atoms with Crippen LogP contribution >= 0.6 is 0 Å². The second-order valence-electron chi connectivity index (χ2n) is 7.26. The molecule has 1 fully saturated rings. The van der Waals surface area contributed by atoms with Gasteiger partial charge in [-0.05, 0) is 25.0 Å². The number of benzene rings is 1. The van der Waals surface area contributed by atoms with Crippen molar-refractivity contribution in [1.82, 2.24) is 24.5 Å². The van der Waals surface area contributed by atoms with Gasteiger partial charge in [0.1, 0.15) is 18.0 Å². The number of carbonyl (C=O) groups is 2. The highest BCUT2D eigenvalue weighted by Crippen LogP contribution is 2.40. The van der Waals surface area contributed by atoms with Crippen LogP contribution in [0.15, 0.2) is 30.3 Å². The van der Waals surface area contributed by atoms with Crippen molar-refractivity contribution in [2.24, 2.45) is 7.05 Å². The number of carboxylic acid groups (broad SMARTS) is 2. The van der Waals surface area contributed by atoms with Crippen LogP contribution in [0.2, 0.25) is 0 Å². The molecule has 0 bridgehead atoms. The lowest BCUT2D eigenvalue weighted by atomic mass is 10.1. The molecule has 1 aromatic carbocycles. The molecule has 0 amide bonds. The predicted octanol–water partition coefficient (Wildman–Crippen LogP) is 2.33. The summed E-state index contributed by atoms with van der Waals surface area (Å²) in [6.45, 7) is 0.832. The molecule has 1 aliphatic rings. The van der Waals surface area contributed by atoms with Gasteiger partial charge >= 0.3 is 5.97 Å². The van der Waals surface area contributed by atoms with Crippen LogP contribution in [0.5, 0.6) is 5.75 Å². The number of nitrogens with zero attached hydrogens (tertiary/aromatic N) is 5. The summed E-state index contributed by atoms with van der Waals surface area (Å²) in [4.78, 5) is 24.9. The molecule has 2 heterocycles. The summed E-state index contributed by atoms with van der Waals surface area (Å²) in [6.07, 6.45) is 2.76. The van der Waals surface area contributed by atoms with Gasteiger partial charge in [0.2, 0.25) is 0 Å². The molecule has 0 spiro atoms. The summed E-state index contributed by atoms with van der Waals surface area (Å²) in [5.41, 5.74) is 2.75. The van der Waals surface area contributed by atoms with Crippen LogP contribution in [0.25, 0.3) is 11.5 Å². The van der Waals surface area contributed by atoms with Gasteiger partial charge in [-0.3, -0.25) is 14.3 Å². The summed E-state index contributed by atoms with van der Waals surface area (Å²) in [5, 5.41) is 25.7. The normalized spacial score (nSPS) is 12.7. The molecule has 0 unspecified atom stereocenters. The van der Waals surface area contributed by atoms with E-state index in [1.165, 1.54) is 4.68 Å². The van der Waals surface area contributed by atoms with E-state index >= 15 is 0 Å². The van der Waals surface area contributed by atoms with Crippen LogP contribution in [-0.4, -0.2) is 53.8 Å². The SMILES string of the molecule is CC(=O)O.COc1ccccc1Cc1nc(-c2cc(C3CC3)nn2C)n(CC(=O)O)n1. The van der Waals surface area contributed by atoms with Gasteiger partial charge < -0.3 is 14.9 Å². The standard InChI is InChI=1S/C19H21N5O3.C2H4O2/c1-23-15(10-14(21-23)12-7-8-12)19-20-17(22-24(19)11-18(25)26)9-13-5-3-4-6-16(13)27-2;1-2(3)4/h3-6,10,12H,7-9,11H2,1-2H3,(H,25,26);1H3,(H,3,4). The third-order valence-electron chi connectivity index (χ3n) is 4.67. The number of hydrogen-bond acceptors (Lipinski definition) is 6. The van der Waals surface area contributed by atoms with Gasteiger partial charge in [-0.25, -0.2) is 9.67 Å². The first-order chi connectivity index (χ1) is 14.8. The van der Waals surface area contributed by atoms with Crippen LogP contribution in [-0.2, 0) is 29.6 Å². The second-order valence-corrected chi connectivity index (χ2v) is 7.26. The van der Waals surface area contributed by atoms with Crippen molar-refractivity contribution in [3.63, 3.8) is 0 Å². The predicted molar refractivity (Wildman–Crippen MR) is 111 cm³/mol. The fraction of sp³-hybridized carbons (Fsp3) is 0.381. The first-order valence-corrected chi connectivity index (χ1v) is 9.79. The zero-order valence-electron chi connectivity index (χ0n) is 17.6. The zero-order chi connectivity index (χ0) is 22.5. The molecule has 3 aromatic rings. The largest absolute Gasteiger partial charge is 0.496 e. The fourth-order valence-corrected chi connectivity index (χ4v) is 3.19. The number of carboxylic acids is 2. The number of ether oxygens (including phenoxy) is 1. The highest BCUT2D eigenvalue weighted by molar-refractivity contribution is 5.67. The van der Waals surface area contributed by atoms with Crippen molar-refractivity contribution in [3.8, 4) is 17.3 Å². The Morgan fingerprint density at radius 1 is 1.19 bits per heavy atom. The molecule has 10 heteroatoms. The van der Waals surface area contributed by atoms with Gasteiger partial charge in [0.05, 0.1) is 12.8 Å². The van der Waals surface area contributed by atoms with Crippen LogP contribution < -0.4 is 4.74 Å². The molecule has 2 aromatic heterocycles. The van der Waals surface area contributed by atoms with Crippen molar-refractivity contribution in [2.75, 3.05) is 7.11 Å². The molecule has 0 aliphatic heterocycles. The number of hydrogen-bond donors (Lipinski definition) is 2. The van der Waals surface area contributed by atoms with Gasteiger partial charge in [-0.2, -0.15) is 10.2 Å². The summed E-state index contributed by atoms with van der Waals surface area (Å²) in [5.74, 6) is 0.530. The van der Waals surface area contributed by atoms with Crippen LogP contribution in [0.1, 0.15) is 42.8 Å². The van der Waals surface area contributed by atoms with Crippen molar-refractivity contribution < 1.29 is 24.5 Å². The minimum Gasteiger partial charge on any atom is -0.496 e. The second kappa shape index (κ2) is 9.41. The Hall–Kier alpha value is -3.69. The Morgan fingerprint density at radius 2 is 1.87 bits per heavy atom. The molecule has 0 atom stereocenters. The van der Waals surface area contributed by atoms with E-state index in [-0.39, 0.29) is 6.54 Å². The van der Waals surface area contributed by atoms with Crippen LogP contribution in [0.4, 0.5) is 0 Å². The smallest absolute Gasteiger partial charge is 0.325 e. The van der Waals surface area contributed by atoms with Gasteiger partial charge in [-0.1, -0.05) is 18.2 Å². The number of rotatable bonds is 7. The third kappa shape index (κ3) is 5.68. The Morgan fingerprint density at radius 3 is 2.48 bits per heavy atom. The van der Waals surface area contributed by atoms with E-state index in [1.54, 1.807) is 11.8 Å². The maximum atomic E-state index is 11.3. The van der Waals surface area contributed by atoms with Crippen LogP contribution in [0.3, 0.4) is 0 Å². The first-order valence-electron chi connectivity index (χ1n) is 9.79. The molecule has 164 valence electrons. The fourth-order valence-electron chi connectivity index (χ4n) is 3.19. The van der Waals surface area contributed by atoms with Gasteiger partial charge in [0, 0.05) is 31.9 Å². The van der Waals surface area contributed by atoms with Gasteiger partial charge in [0.25, 0.3) is 5.97 Å². The topological polar surface area (TPSA) is 132 Å². The quantitative estimate of drug-likeness (QED) is 0.587. The van der Waals surface area contributed by atoms with Crippen molar-refractivity contribution in [1.29, 1.82) is 0 Å². The molecular formula is C21H25N5O5. The van der Waals surface area contributed by atoms with Crippen molar-refractivity contribution in [2.45, 2.75) is 38.6 Å². The summed E-state index contributed by atoms with van der Waals surface area (Å²) >= 11 is 0. The molecule has 1 saturated carbocycles. The minimum absolute atomic E-state index is 0.252. The molecule has 4 rings (SSSR count). The number of methoxy groups -OCH3 is 1. The molecule has 0 radical (unpaired) electrons. The van der Waals surface area contributed by atoms with Crippen LogP contribution in [0, 0.1) is 0 Å². The van der Waals surface area contributed by atoms with E-state index in [4.69, 9.17) is 14.6 Å². The zero-order valence-corrected chi connectivity index (χ0v) is 17.6. The average Bonchev–Trinajstić information content (AvgIpc) is 3.38. The molecule has 2 N–H and O–H groups in total. The Bertz CT molecular complexity index is 1080. The molecule has 0 saturated heterocycles. The lowest BCUT2D eigenvalue weighted by molar-refractivity contribution is -0.138. The number of para-hydroxylation sites is 1. The van der Waals surface area contributed by atoms with Crippen molar-refractivity contribution in [3.05, 3.63) is 47.4 Å². The summed E-state index contributed by atoms with van der Waals surface area (Å²) in [6, 6.07) is 9.65. The van der Waals surface area contributed by atoms with Gasteiger partial charge in [0.15, 0.2) is 11.6 Å². The highest BCUT2D eigenvalue weighted by Gasteiger charge is 2.28. The lowest BCUT2D eigenvalue weighted by Crippen LogP contribution is -2.12. The van der Waals surface area contributed by atoms with E-state index in [0.717, 1.165) is 42.5 Å². The van der Waals surface area contributed by atoms with Gasteiger partial charge in [-0.15, -0.1) is 0 Å².